The van der Waals surface area contributed by atoms with E-state index >= 15 is 0 Å². The van der Waals surface area contributed by atoms with Crippen LogP contribution < -0.4 is 0 Å². The monoisotopic (exact) mass is 291 g/mol. The van der Waals surface area contributed by atoms with Gasteiger partial charge in [-0.2, -0.15) is 4.68 Å². The molecule has 0 unspecified atom stereocenters. The molecule has 1 aromatic carbocycles. The van der Waals surface area contributed by atoms with Crippen LogP contribution in [0.2, 0.25) is 0 Å². The van der Waals surface area contributed by atoms with Crippen molar-refractivity contribution in [1.29, 1.82) is 0 Å². The maximum absolute atomic E-state index is 9.28. The van der Waals surface area contributed by atoms with Crippen LogP contribution in [0.3, 0.4) is 0 Å². The Kier molecular flexibility index (Phi) is 3.43. The summed E-state index contributed by atoms with van der Waals surface area (Å²) in [6.45, 7) is 0. The van der Waals surface area contributed by atoms with Crippen LogP contribution in [0, 0.1) is 0 Å². The molecule has 0 fully saturated rings. The molecule has 19 heavy (non-hydrogen) atoms. The van der Waals surface area contributed by atoms with Gasteiger partial charge < -0.3 is 5.11 Å². The van der Waals surface area contributed by atoms with E-state index < -0.39 is 0 Å². The zero-order valence-corrected chi connectivity index (χ0v) is 11.3. The summed E-state index contributed by atoms with van der Waals surface area (Å²) in [4.78, 5) is 4.22. The molecule has 0 bridgehead atoms. The highest BCUT2D eigenvalue weighted by molar-refractivity contribution is 7.98. The third kappa shape index (κ3) is 2.74. The molecule has 2 aromatic heterocycles. The first-order valence-electron chi connectivity index (χ1n) is 5.42. The van der Waals surface area contributed by atoms with Gasteiger partial charge in [0.1, 0.15) is 10.8 Å². The number of tetrazole rings is 1. The van der Waals surface area contributed by atoms with E-state index in [2.05, 4.69) is 20.5 Å². The molecule has 0 atom stereocenters. The highest BCUT2D eigenvalue weighted by atomic mass is 32.2. The number of nitrogens with zero attached hydrogens (tertiary/aromatic N) is 5. The number of phenols is 1. The fraction of sp³-hybridized carbons (Fsp3) is 0.0909. The summed E-state index contributed by atoms with van der Waals surface area (Å²) in [5.41, 5.74) is 0.810. The van der Waals surface area contributed by atoms with Crippen LogP contribution >= 0.6 is 23.1 Å². The fourth-order valence-electron chi connectivity index (χ4n) is 1.48. The number of rotatable bonds is 4. The molecule has 1 N–H and O–H groups in total. The van der Waals surface area contributed by atoms with E-state index in [0.717, 1.165) is 16.4 Å². The highest BCUT2D eigenvalue weighted by Gasteiger charge is 2.09. The topological polar surface area (TPSA) is 76.7 Å². The van der Waals surface area contributed by atoms with Crippen molar-refractivity contribution in [3.8, 4) is 11.4 Å². The molecular formula is C11H9N5OS2. The van der Waals surface area contributed by atoms with Gasteiger partial charge in [-0.05, 0) is 34.7 Å². The maximum Gasteiger partial charge on any atom is 0.214 e. The largest absolute Gasteiger partial charge is 0.508 e. The summed E-state index contributed by atoms with van der Waals surface area (Å²) >= 11 is 3.13. The first kappa shape index (κ1) is 12.1. The molecule has 96 valence electrons. The second kappa shape index (κ2) is 5.37. The zero-order valence-electron chi connectivity index (χ0n) is 9.67. The van der Waals surface area contributed by atoms with Crippen LogP contribution in [0.1, 0.15) is 5.01 Å². The van der Waals surface area contributed by atoms with E-state index in [1.54, 1.807) is 46.5 Å². The van der Waals surface area contributed by atoms with Crippen LogP contribution in [0.25, 0.3) is 5.69 Å². The van der Waals surface area contributed by atoms with Crippen LogP contribution in [0.15, 0.2) is 41.0 Å². The number of hydrogen-bond donors (Lipinski definition) is 1. The quantitative estimate of drug-likeness (QED) is 0.742. The second-order valence-electron chi connectivity index (χ2n) is 3.60. The lowest BCUT2D eigenvalue weighted by Gasteiger charge is -2.03. The summed E-state index contributed by atoms with van der Waals surface area (Å²) in [6.07, 6.45) is 1.78. The summed E-state index contributed by atoms with van der Waals surface area (Å²) in [6, 6.07) is 6.73. The van der Waals surface area contributed by atoms with E-state index in [1.807, 2.05) is 5.38 Å². The molecule has 0 saturated carbocycles. The van der Waals surface area contributed by atoms with Gasteiger partial charge in [-0.3, -0.25) is 0 Å². The van der Waals surface area contributed by atoms with Crippen molar-refractivity contribution in [1.82, 2.24) is 25.2 Å². The van der Waals surface area contributed by atoms with Crippen molar-refractivity contribution < 1.29 is 5.11 Å². The summed E-state index contributed by atoms with van der Waals surface area (Å²) in [5, 5.41) is 24.6. The highest BCUT2D eigenvalue weighted by Crippen LogP contribution is 2.23. The number of benzene rings is 1. The van der Waals surface area contributed by atoms with Gasteiger partial charge in [-0.25, -0.2) is 4.98 Å². The number of thioether (sulfide) groups is 1. The third-order valence-corrected chi connectivity index (χ3v) is 4.24. The van der Waals surface area contributed by atoms with Crippen LogP contribution in [-0.4, -0.2) is 30.3 Å². The number of aromatic hydroxyl groups is 1. The second-order valence-corrected chi connectivity index (χ2v) is 5.53. The number of aromatic nitrogens is 5. The fourth-order valence-corrected chi connectivity index (χ4v) is 3.01. The van der Waals surface area contributed by atoms with Crippen molar-refractivity contribution >= 4 is 23.1 Å². The lowest BCUT2D eigenvalue weighted by Crippen LogP contribution is -1.98. The van der Waals surface area contributed by atoms with Gasteiger partial charge in [0.2, 0.25) is 5.16 Å². The maximum atomic E-state index is 9.28. The Hall–Kier alpha value is -1.93. The van der Waals surface area contributed by atoms with E-state index in [4.69, 9.17) is 0 Å². The lowest BCUT2D eigenvalue weighted by atomic mass is 10.3. The zero-order chi connectivity index (χ0) is 13.1. The molecule has 3 rings (SSSR count). The van der Waals surface area contributed by atoms with Crippen molar-refractivity contribution in [2.45, 2.75) is 10.9 Å². The Morgan fingerprint density at radius 2 is 2.11 bits per heavy atom. The van der Waals surface area contributed by atoms with Crippen LogP contribution in [-0.2, 0) is 5.75 Å². The van der Waals surface area contributed by atoms with Crippen molar-refractivity contribution in [2.24, 2.45) is 0 Å². The molecule has 2 heterocycles. The molecular weight excluding hydrogens is 282 g/mol. The normalized spacial score (nSPS) is 10.7. The molecule has 6 nitrogen and oxygen atoms in total. The van der Waals surface area contributed by atoms with Gasteiger partial charge in [-0.15, -0.1) is 16.4 Å². The first-order valence-corrected chi connectivity index (χ1v) is 7.28. The van der Waals surface area contributed by atoms with Gasteiger partial charge in [0, 0.05) is 11.6 Å². The first-order chi connectivity index (χ1) is 9.33. The van der Waals surface area contributed by atoms with Crippen molar-refractivity contribution in [2.75, 3.05) is 0 Å². The average Bonchev–Trinajstić information content (AvgIpc) is 3.08. The van der Waals surface area contributed by atoms with E-state index in [1.165, 1.54) is 11.8 Å². The number of hydrogen-bond acceptors (Lipinski definition) is 7. The Balaban J connectivity index is 1.80. The summed E-state index contributed by atoms with van der Waals surface area (Å²) in [7, 11) is 0. The van der Waals surface area contributed by atoms with E-state index in [9.17, 15) is 5.11 Å². The minimum atomic E-state index is 0.216. The SMILES string of the molecule is Oc1ccc(-n2nnnc2SCc2nccs2)cc1. The molecule has 0 aliphatic carbocycles. The van der Waals surface area contributed by atoms with Gasteiger partial charge >= 0.3 is 0 Å². The summed E-state index contributed by atoms with van der Waals surface area (Å²) < 4.78 is 1.64. The predicted molar refractivity (Wildman–Crippen MR) is 72.5 cm³/mol. The van der Waals surface area contributed by atoms with E-state index in [0.29, 0.717) is 5.16 Å². The minimum absolute atomic E-state index is 0.216. The van der Waals surface area contributed by atoms with Gasteiger partial charge in [0.05, 0.1) is 11.4 Å². The number of phenolic OH excluding ortho intramolecular Hbond substituents is 1. The molecule has 0 radical (unpaired) electrons. The Morgan fingerprint density at radius 3 is 2.84 bits per heavy atom. The Bertz CT molecular complexity index is 650. The van der Waals surface area contributed by atoms with Gasteiger partial charge in [0.15, 0.2) is 0 Å². The Morgan fingerprint density at radius 1 is 1.26 bits per heavy atom. The standard InChI is InChI=1S/C11H9N5OS2/c17-9-3-1-8(2-4-9)16-11(13-14-15-16)19-7-10-12-5-6-18-10/h1-6,17H,7H2. The Labute approximate surface area is 117 Å². The van der Waals surface area contributed by atoms with Crippen molar-refractivity contribution in [3.63, 3.8) is 0 Å². The molecule has 3 aromatic rings. The molecule has 0 aliphatic rings. The molecule has 0 amide bonds. The predicted octanol–water partition coefficient (Wildman–Crippen LogP) is 2.12. The smallest absolute Gasteiger partial charge is 0.214 e. The summed E-state index contributed by atoms with van der Waals surface area (Å²) in [5.74, 6) is 0.949. The number of thiazole rings is 1. The molecule has 0 spiro atoms. The lowest BCUT2D eigenvalue weighted by molar-refractivity contribution is 0.475. The molecule has 0 aliphatic heterocycles. The van der Waals surface area contributed by atoms with Crippen LogP contribution in [0.4, 0.5) is 0 Å². The van der Waals surface area contributed by atoms with Crippen molar-refractivity contribution in [3.05, 3.63) is 40.8 Å². The van der Waals surface area contributed by atoms with Gasteiger partial charge in [0.25, 0.3) is 0 Å². The minimum Gasteiger partial charge on any atom is -0.508 e. The molecule has 0 saturated heterocycles. The third-order valence-electron chi connectivity index (χ3n) is 2.34. The van der Waals surface area contributed by atoms with Gasteiger partial charge in [-0.1, -0.05) is 11.8 Å². The van der Waals surface area contributed by atoms with E-state index in [-0.39, 0.29) is 5.75 Å². The average molecular weight is 291 g/mol. The molecule has 8 heteroatoms. The van der Waals surface area contributed by atoms with Crippen LogP contribution in [0.5, 0.6) is 5.75 Å².